The monoisotopic (exact) mass is 442 g/mol. The molecule has 0 atom stereocenters. The Labute approximate surface area is 172 Å². The van der Waals surface area contributed by atoms with Gasteiger partial charge in [0.05, 0.1) is 6.61 Å². The summed E-state index contributed by atoms with van der Waals surface area (Å²) < 4.78 is 41.6. The van der Waals surface area contributed by atoms with Gasteiger partial charge in [-0.2, -0.15) is 0 Å². The van der Waals surface area contributed by atoms with Crippen LogP contribution in [0.2, 0.25) is 6.04 Å². The molecule has 0 amide bonds. The molecule has 0 saturated heterocycles. The molecular weight excluding hydrogens is 404 g/mol. The van der Waals surface area contributed by atoms with E-state index in [0.717, 1.165) is 0 Å². The molecule has 11 heteroatoms. The first kappa shape index (κ1) is 29.6. The highest BCUT2D eigenvalue weighted by atomic mass is 28.4. The molecule has 0 bridgehead atoms. The molecule has 0 radical (unpaired) electrons. The van der Waals surface area contributed by atoms with E-state index in [1.54, 1.807) is 6.92 Å². The van der Waals surface area contributed by atoms with E-state index in [0.29, 0.717) is 44.5 Å². The second-order valence-corrected chi connectivity index (χ2v) is 10.7. The van der Waals surface area contributed by atoms with E-state index in [1.807, 2.05) is 20.8 Å². The minimum Gasteiger partial charge on any atom is -0.462 e. The fraction of sp³-hybridized carbons (Fsp3) is 0.824. The SMILES string of the molecule is C=C(C)C(=O)OCCC[Si](OCC)(OCC)OCC.CO[Si](OC)(OC)OC. The number of rotatable bonds is 15. The van der Waals surface area contributed by atoms with Crippen LogP contribution >= 0.6 is 0 Å². The Kier molecular flexibility index (Phi) is 18.2. The standard InChI is InChI=1S/C13H26O5Si.C4H12O4Si/c1-6-16-19(17-7-2,18-8-3)11-9-10-15-13(14)12(4)5;1-5-9(6-2,7-3)8-4/h4,6-11H2,1-3,5H3;1-4H3. The Morgan fingerprint density at radius 1 is 0.821 bits per heavy atom. The van der Waals surface area contributed by atoms with Crippen LogP contribution in [0.4, 0.5) is 0 Å². The maximum Gasteiger partial charge on any atom is 0.678 e. The third-order valence-corrected chi connectivity index (χ3v) is 8.45. The molecule has 0 aromatic carbocycles. The van der Waals surface area contributed by atoms with Crippen molar-refractivity contribution in [3.8, 4) is 0 Å². The van der Waals surface area contributed by atoms with Gasteiger partial charge in [0.25, 0.3) is 0 Å². The molecule has 0 heterocycles. The topological polar surface area (TPSA) is 90.9 Å². The smallest absolute Gasteiger partial charge is 0.462 e. The van der Waals surface area contributed by atoms with E-state index in [9.17, 15) is 4.79 Å². The van der Waals surface area contributed by atoms with Crippen LogP contribution in [0.15, 0.2) is 12.2 Å². The Morgan fingerprint density at radius 3 is 1.46 bits per heavy atom. The minimum absolute atomic E-state index is 0.327. The summed E-state index contributed by atoms with van der Waals surface area (Å²) in [6.07, 6.45) is 0.658. The minimum atomic E-state index is -2.69. The van der Waals surface area contributed by atoms with Crippen molar-refractivity contribution in [2.24, 2.45) is 0 Å². The molecule has 168 valence electrons. The molecule has 0 aliphatic heterocycles. The Hall–Kier alpha value is -0.636. The van der Waals surface area contributed by atoms with E-state index in [1.165, 1.54) is 28.4 Å². The number of hydrogen-bond acceptors (Lipinski definition) is 9. The van der Waals surface area contributed by atoms with Crippen molar-refractivity contribution in [3.05, 3.63) is 12.2 Å². The molecule has 0 saturated carbocycles. The van der Waals surface area contributed by atoms with Crippen LogP contribution in [0, 0.1) is 0 Å². The Bertz CT molecular complexity index is 383. The highest BCUT2D eigenvalue weighted by Gasteiger charge is 2.40. The first-order chi connectivity index (χ1) is 13.3. The van der Waals surface area contributed by atoms with E-state index in [4.69, 9.17) is 35.7 Å². The second-order valence-electron chi connectivity index (χ2n) is 5.32. The summed E-state index contributed by atoms with van der Waals surface area (Å²) in [5.41, 5.74) is 0.405. The summed E-state index contributed by atoms with van der Waals surface area (Å²) in [7, 11) is 0.655. The van der Waals surface area contributed by atoms with Crippen LogP contribution in [-0.4, -0.2) is 78.7 Å². The van der Waals surface area contributed by atoms with Crippen molar-refractivity contribution in [2.45, 2.75) is 40.2 Å². The summed E-state index contributed by atoms with van der Waals surface area (Å²) in [6, 6.07) is 0.645. The van der Waals surface area contributed by atoms with Gasteiger partial charge in [0.1, 0.15) is 0 Å². The van der Waals surface area contributed by atoms with Crippen LogP contribution in [-0.2, 0) is 40.5 Å². The van der Waals surface area contributed by atoms with E-state index >= 15 is 0 Å². The maximum atomic E-state index is 11.2. The molecule has 0 aliphatic carbocycles. The van der Waals surface area contributed by atoms with Gasteiger partial charge >= 0.3 is 23.8 Å². The van der Waals surface area contributed by atoms with Gasteiger partial charge in [0, 0.05) is 59.9 Å². The van der Waals surface area contributed by atoms with Gasteiger partial charge in [-0.05, 0) is 34.1 Å². The molecule has 0 N–H and O–H groups in total. The third kappa shape index (κ3) is 12.0. The van der Waals surface area contributed by atoms with Gasteiger partial charge < -0.3 is 35.7 Å². The van der Waals surface area contributed by atoms with Gasteiger partial charge in [-0.15, -0.1) is 0 Å². The van der Waals surface area contributed by atoms with Gasteiger partial charge in [0.15, 0.2) is 0 Å². The molecular formula is C17H38O9Si2. The van der Waals surface area contributed by atoms with Crippen molar-refractivity contribution in [3.63, 3.8) is 0 Å². The molecule has 0 unspecified atom stereocenters. The summed E-state index contributed by atoms with van der Waals surface area (Å²) in [5.74, 6) is -0.364. The summed E-state index contributed by atoms with van der Waals surface area (Å²) in [6.45, 7) is 12.9. The second kappa shape index (κ2) is 17.2. The normalized spacial score (nSPS) is 11.6. The van der Waals surface area contributed by atoms with Crippen LogP contribution in [0.5, 0.6) is 0 Å². The Balaban J connectivity index is 0. The van der Waals surface area contributed by atoms with Gasteiger partial charge in [-0.1, -0.05) is 6.58 Å². The average Bonchev–Trinajstić information content (AvgIpc) is 2.68. The first-order valence-electron chi connectivity index (χ1n) is 9.20. The number of carbonyl (C=O) groups is 1. The van der Waals surface area contributed by atoms with Crippen LogP contribution in [0.3, 0.4) is 0 Å². The van der Waals surface area contributed by atoms with Crippen molar-refractivity contribution in [1.82, 2.24) is 0 Å². The fourth-order valence-corrected chi connectivity index (χ4v) is 5.66. The highest BCUT2D eigenvalue weighted by molar-refractivity contribution is 6.60. The summed E-state index contributed by atoms with van der Waals surface area (Å²) >= 11 is 0. The summed E-state index contributed by atoms with van der Waals surface area (Å²) in [4.78, 5) is 11.2. The highest BCUT2D eigenvalue weighted by Crippen LogP contribution is 2.18. The van der Waals surface area contributed by atoms with Crippen molar-refractivity contribution in [1.29, 1.82) is 0 Å². The zero-order valence-corrected chi connectivity index (χ0v) is 20.6. The molecule has 0 aromatic rings. The van der Waals surface area contributed by atoms with Crippen molar-refractivity contribution in [2.75, 3.05) is 54.9 Å². The quantitative estimate of drug-likeness (QED) is 0.164. The molecule has 0 aliphatic rings. The fourth-order valence-electron chi connectivity index (χ4n) is 2.08. The number of esters is 1. The van der Waals surface area contributed by atoms with E-state index < -0.39 is 17.9 Å². The van der Waals surface area contributed by atoms with Crippen molar-refractivity contribution < 1.29 is 40.5 Å². The lowest BCUT2D eigenvalue weighted by Crippen LogP contribution is -2.46. The lowest BCUT2D eigenvalue weighted by molar-refractivity contribution is -0.139. The van der Waals surface area contributed by atoms with Gasteiger partial charge in [-0.3, -0.25) is 0 Å². The lowest BCUT2D eigenvalue weighted by Gasteiger charge is -2.28. The van der Waals surface area contributed by atoms with E-state index in [-0.39, 0.29) is 5.97 Å². The van der Waals surface area contributed by atoms with Crippen molar-refractivity contribution >= 4 is 23.8 Å². The molecule has 28 heavy (non-hydrogen) atoms. The van der Waals surface area contributed by atoms with E-state index in [2.05, 4.69) is 6.58 Å². The zero-order chi connectivity index (χ0) is 22.1. The molecule has 0 spiro atoms. The largest absolute Gasteiger partial charge is 0.678 e. The average molecular weight is 443 g/mol. The van der Waals surface area contributed by atoms with Crippen LogP contribution in [0.25, 0.3) is 0 Å². The molecule has 0 rings (SSSR count). The van der Waals surface area contributed by atoms with Gasteiger partial charge in [-0.25, -0.2) is 4.79 Å². The molecule has 0 aromatic heterocycles. The number of hydrogen-bond donors (Lipinski definition) is 0. The number of ether oxygens (including phenoxy) is 1. The maximum absolute atomic E-state index is 11.2. The van der Waals surface area contributed by atoms with Crippen LogP contribution < -0.4 is 0 Å². The third-order valence-electron chi connectivity index (χ3n) is 3.30. The molecule has 0 fully saturated rings. The predicted molar refractivity (Wildman–Crippen MR) is 110 cm³/mol. The van der Waals surface area contributed by atoms with Crippen LogP contribution in [0.1, 0.15) is 34.1 Å². The molecule has 9 nitrogen and oxygen atoms in total. The lowest BCUT2D eigenvalue weighted by atomic mass is 10.4. The first-order valence-corrected chi connectivity index (χ1v) is 12.8. The zero-order valence-electron chi connectivity index (χ0n) is 18.6. The van der Waals surface area contributed by atoms with Gasteiger partial charge in [0.2, 0.25) is 0 Å². The predicted octanol–water partition coefficient (Wildman–Crippen LogP) is 2.55. The Morgan fingerprint density at radius 2 is 1.21 bits per heavy atom. The summed E-state index contributed by atoms with van der Waals surface area (Å²) in [5, 5.41) is 0. The number of carbonyl (C=O) groups excluding carboxylic acids is 1.